The van der Waals surface area contributed by atoms with Crippen LogP contribution in [0.1, 0.15) is 52.9 Å². The van der Waals surface area contributed by atoms with Crippen molar-refractivity contribution in [3.63, 3.8) is 0 Å². The van der Waals surface area contributed by atoms with E-state index in [4.69, 9.17) is 0 Å². The van der Waals surface area contributed by atoms with Crippen molar-refractivity contribution in [3.05, 3.63) is 0 Å². The Kier molecular flexibility index (Phi) is 7.26. The molecule has 0 heterocycles. The van der Waals surface area contributed by atoms with Gasteiger partial charge in [-0.05, 0) is 19.8 Å². The molecule has 0 aromatic heterocycles. The van der Waals surface area contributed by atoms with Crippen molar-refractivity contribution in [2.24, 2.45) is 5.10 Å². The van der Waals surface area contributed by atoms with Crippen molar-refractivity contribution < 1.29 is 4.79 Å². The summed E-state index contributed by atoms with van der Waals surface area (Å²) < 4.78 is 0. The van der Waals surface area contributed by atoms with Crippen molar-refractivity contribution >= 4 is 11.6 Å². The van der Waals surface area contributed by atoms with Gasteiger partial charge in [0.2, 0.25) is 5.91 Å². The second kappa shape index (κ2) is 7.77. The quantitative estimate of drug-likeness (QED) is 0.384. The van der Waals surface area contributed by atoms with Gasteiger partial charge in [0.15, 0.2) is 0 Å². The van der Waals surface area contributed by atoms with E-state index < -0.39 is 0 Å². The van der Waals surface area contributed by atoms with E-state index in [0.717, 1.165) is 12.1 Å². The molecule has 0 aliphatic carbocycles. The molecule has 0 spiro atoms. The Morgan fingerprint density at radius 3 is 2.46 bits per heavy atom. The third-order valence-corrected chi connectivity index (χ3v) is 1.80. The highest BCUT2D eigenvalue weighted by Crippen LogP contribution is 2.02. The fraction of sp³-hybridized carbons (Fsp3) is 0.800. The molecule has 13 heavy (non-hydrogen) atoms. The molecule has 0 atom stereocenters. The second-order valence-corrected chi connectivity index (χ2v) is 3.33. The van der Waals surface area contributed by atoms with E-state index in [9.17, 15) is 4.79 Å². The van der Waals surface area contributed by atoms with Gasteiger partial charge in [0.05, 0.1) is 0 Å². The lowest BCUT2D eigenvalue weighted by Gasteiger charge is -2.00. The second-order valence-electron chi connectivity index (χ2n) is 3.33. The fourth-order valence-corrected chi connectivity index (χ4v) is 1.04. The summed E-state index contributed by atoms with van der Waals surface area (Å²) in [5.41, 5.74) is 3.44. The van der Waals surface area contributed by atoms with Crippen LogP contribution in [0.15, 0.2) is 5.10 Å². The number of amides is 1. The number of nitrogens with zero attached hydrogens (tertiary/aromatic N) is 1. The van der Waals surface area contributed by atoms with E-state index in [2.05, 4.69) is 17.5 Å². The number of nitrogens with one attached hydrogen (secondary N) is 1. The van der Waals surface area contributed by atoms with Crippen molar-refractivity contribution in [3.8, 4) is 0 Å². The van der Waals surface area contributed by atoms with Crippen LogP contribution < -0.4 is 5.43 Å². The van der Waals surface area contributed by atoms with Crippen LogP contribution in [0.3, 0.4) is 0 Å². The number of unbranched alkanes of at least 4 members (excludes halogenated alkanes) is 3. The maximum Gasteiger partial charge on any atom is 0.236 e. The molecule has 0 radical (unpaired) electrons. The van der Waals surface area contributed by atoms with Gasteiger partial charge in [0.25, 0.3) is 0 Å². The van der Waals surface area contributed by atoms with E-state index in [-0.39, 0.29) is 5.91 Å². The zero-order valence-electron chi connectivity index (χ0n) is 8.89. The molecule has 1 N–H and O–H groups in total. The van der Waals surface area contributed by atoms with Crippen LogP contribution in [0.25, 0.3) is 0 Å². The number of carbonyl (C=O) groups is 1. The molecule has 0 saturated carbocycles. The first-order valence-corrected chi connectivity index (χ1v) is 4.96. The minimum absolute atomic E-state index is 0.104. The highest BCUT2D eigenvalue weighted by atomic mass is 16.2. The van der Waals surface area contributed by atoms with Crippen LogP contribution in [-0.4, -0.2) is 11.6 Å². The summed E-state index contributed by atoms with van der Waals surface area (Å²) >= 11 is 0. The van der Waals surface area contributed by atoms with Crippen molar-refractivity contribution in [1.82, 2.24) is 5.43 Å². The van der Waals surface area contributed by atoms with Gasteiger partial charge in [0.1, 0.15) is 0 Å². The first-order chi connectivity index (χ1) is 6.16. The standard InChI is InChI=1S/C10H20N2O/c1-4-5-6-7-8-9(2)11-12-10(3)13/h4-8H2,1-3H3,(H,12,13). The van der Waals surface area contributed by atoms with E-state index in [1.54, 1.807) is 0 Å². The summed E-state index contributed by atoms with van der Waals surface area (Å²) in [5.74, 6) is -0.104. The molecular weight excluding hydrogens is 164 g/mol. The van der Waals surface area contributed by atoms with E-state index in [1.165, 1.54) is 32.6 Å². The smallest absolute Gasteiger partial charge is 0.236 e. The van der Waals surface area contributed by atoms with Gasteiger partial charge in [-0.3, -0.25) is 4.79 Å². The number of hydrazone groups is 1. The summed E-state index contributed by atoms with van der Waals surface area (Å²) in [5, 5.41) is 3.94. The Labute approximate surface area is 80.6 Å². The number of hydrogen-bond donors (Lipinski definition) is 1. The van der Waals surface area contributed by atoms with E-state index in [0.29, 0.717) is 0 Å². The van der Waals surface area contributed by atoms with Gasteiger partial charge in [-0.25, -0.2) is 5.43 Å². The molecule has 3 nitrogen and oxygen atoms in total. The predicted octanol–water partition coefficient (Wildman–Crippen LogP) is 2.47. The van der Waals surface area contributed by atoms with Crippen molar-refractivity contribution in [1.29, 1.82) is 0 Å². The molecule has 0 fully saturated rings. The van der Waals surface area contributed by atoms with Gasteiger partial charge >= 0.3 is 0 Å². The molecule has 0 rings (SSSR count). The first kappa shape index (κ1) is 12.1. The van der Waals surface area contributed by atoms with Gasteiger partial charge in [-0.1, -0.05) is 26.2 Å². The summed E-state index contributed by atoms with van der Waals surface area (Å²) in [6.07, 6.45) is 5.95. The molecule has 0 aliphatic rings. The van der Waals surface area contributed by atoms with Crippen LogP contribution in [0.5, 0.6) is 0 Å². The van der Waals surface area contributed by atoms with Gasteiger partial charge in [-0.2, -0.15) is 5.10 Å². The Morgan fingerprint density at radius 1 is 1.23 bits per heavy atom. The summed E-state index contributed by atoms with van der Waals surface area (Å²) in [6, 6.07) is 0. The minimum Gasteiger partial charge on any atom is -0.274 e. The highest BCUT2D eigenvalue weighted by Gasteiger charge is 1.93. The van der Waals surface area contributed by atoms with Crippen LogP contribution >= 0.6 is 0 Å². The molecule has 0 aliphatic heterocycles. The third kappa shape index (κ3) is 9.05. The van der Waals surface area contributed by atoms with E-state index in [1.807, 2.05) is 6.92 Å². The first-order valence-electron chi connectivity index (χ1n) is 4.96. The predicted molar refractivity (Wildman–Crippen MR) is 55.7 cm³/mol. The Hall–Kier alpha value is -0.860. The summed E-state index contributed by atoms with van der Waals surface area (Å²) in [4.78, 5) is 10.5. The zero-order chi connectivity index (χ0) is 10.1. The summed E-state index contributed by atoms with van der Waals surface area (Å²) in [6.45, 7) is 5.61. The van der Waals surface area contributed by atoms with Gasteiger partial charge < -0.3 is 0 Å². The topological polar surface area (TPSA) is 41.5 Å². The summed E-state index contributed by atoms with van der Waals surface area (Å²) in [7, 11) is 0. The lowest BCUT2D eigenvalue weighted by atomic mass is 10.1. The lowest BCUT2D eigenvalue weighted by molar-refractivity contribution is -0.118. The Bertz CT molecular complexity index is 176. The molecule has 1 amide bonds. The van der Waals surface area contributed by atoms with Crippen LogP contribution in [0, 0.1) is 0 Å². The maximum atomic E-state index is 10.5. The lowest BCUT2D eigenvalue weighted by Crippen LogP contribution is -2.14. The van der Waals surface area contributed by atoms with Crippen LogP contribution in [0.2, 0.25) is 0 Å². The SMILES string of the molecule is CCCCCCC(C)=NNC(C)=O. The monoisotopic (exact) mass is 184 g/mol. The molecular formula is C10H20N2O. The molecule has 0 unspecified atom stereocenters. The van der Waals surface area contributed by atoms with Crippen molar-refractivity contribution in [2.45, 2.75) is 52.9 Å². The molecule has 76 valence electrons. The molecule has 0 bridgehead atoms. The van der Waals surface area contributed by atoms with Crippen LogP contribution in [-0.2, 0) is 4.79 Å². The third-order valence-electron chi connectivity index (χ3n) is 1.80. The largest absolute Gasteiger partial charge is 0.274 e. The van der Waals surface area contributed by atoms with Crippen LogP contribution in [0.4, 0.5) is 0 Å². The number of rotatable bonds is 6. The fourth-order valence-electron chi connectivity index (χ4n) is 1.04. The Morgan fingerprint density at radius 2 is 1.92 bits per heavy atom. The number of carbonyl (C=O) groups excluding carboxylic acids is 1. The maximum absolute atomic E-state index is 10.5. The van der Waals surface area contributed by atoms with Gasteiger partial charge in [-0.15, -0.1) is 0 Å². The number of hydrogen-bond acceptors (Lipinski definition) is 2. The normalized spacial score (nSPS) is 11.5. The minimum atomic E-state index is -0.104. The average molecular weight is 184 g/mol. The molecule has 3 heteroatoms. The molecule has 0 aromatic carbocycles. The van der Waals surface area contributed by atoms with E-state index >= 15 is 0 Å². The molecule has 0 aromatic rings. The average Bonchev–Trinajstić information content (AvgIpc) is 2.09. The van der Waals surface area contributed by atoms with Gasteiger partial charge in [0, 0.05) is 12.6 Å². The van der Waals surface area contributed by atoms with Crippen molar-refractivity contribution in [2.75, 3.05) is 0 Å². The Balaban J connectivity index is 3.43. The molecule has 0 saturated heterocycles. The highest BCUT2D eigenvalue weighted by molar-refractivity contribution is 5.83. The zero-order valence-corrected chi connectivity index (χ0v) is 8.89.